The number of carbonyl (C=O) groups excluding carboxylic acids is 1. The normalized spacial score (nSPS) is 12.3. The summed E-state index contributed by atoms with van der Waals surface area (Å²) >= 11 is 0. The Hall–Kier alpha value is -3.16. The number of ether oxygens (including phenoxy) is 1. The minimum absolute atomic E-state index is 0.00781. The number of guanidine groups is 1. The molecule has 0 radical (unpaired) electrons. The predicted octanol–water partition coefficient (Wildman–Crippen LogP) is 1.37. The lowest BCUT2D eigenvalue weighted by atomic mass is 10.1. The summed E-state index contributed by atoms with van der Waals surface area (Å²) in [6.45, 7) is 1.35. The monoisotopic (exact) mass is 504 g/mol. The van der Waals surface area contributed by atoms with Gasteiger partial charge in [0, 0.05) is 5.57 Å². The van der Waals surface area contributed by atoms with E-state index in [0.717, 1.165) is 42.5 Å². The van der Waals surface area contributed by atoms with Gasteiger partial charge in [0.05, 0.1) is 4.90 Å². The van der Waals surface area contributed by atoms with E-state index >= 15 is 0 Å². The number of nitrogens with zero attached hydrogens (tertiary/aromatic N) is 1. The molecule has 7 N–H and O–H groups in total. The number of hydrogen-bond acceptors (Lipinski definition) is 5. The van der Waals surface area contributed by atoms with Crippen molar-refractivity contribution >= 4 is 35.6 Å². The lowest BCUT2D eigenvalue weighted by Gasteiger charge is -2.11. The maximum absolute atomic E-state index is 14.4. The van der Waals surface area contributed by atoms with Crippen LogP contribution in [0.4, 0.5) is 8.78 Å². The van der Waals surface area contributed by atoms with Crippen LogP contribution in [0.2, 0.25) is 0 Å². The highest BCUT2D eigenvalue weighted by molar-refractivity contribution is 7.89. The number of carbonyl (C=O) groups is 1. The van der Waals surface area contributed by atoms with Gasteiger partial charge in [-0.05, 0) is 55.0 Å². The smallest absolute Gasteiger partial charge is 0.340 e. The second kappa shape index (κ2) is 10.2. The topological polar surface area (TPSA) is 194 Å². The van der Waals surface area contributed by atoms with E-state index in [-0.39, 0.29) is 21.8 Å². The summed E-state index contributed by atoms with van der Waals surface area (Å²) in [5.74, 6) is -4.38. The van der Waals surface area contributed by atoms with E-state index in [1.165, 1.54) is 6.92 Å². The summed E-state index contributed by atoms with van der Waals surface area (Å²) in [7, 11) is -8.85. The highest BCUT2D eigenvalue weighted by atomic mass is 32.2. The van der Waals surface area contributed by atoms with Crippen molar-refractivity contribution in [3.8, 4) is 11.5 Å². The first-order chi connectivity index (χ1) is 15.2. The van der Waals surface area contributed by atoms with Gasteiger partial charge in [-0.25, -0.2) is 17.2 Å². The Kier molecular flexibility index (Phi) is 8.06. The van der Waals surface area contributed by atoms with Crippen molar-refractivity contribution < 1.29 is 41.1 Å². The largest absolute Gasteiger partial charge is 0.451 e. The van der Waals surface area contributed by atoms with Crippen molar-refractivity contribution in [2.75, 3.05) is 6.29 Å². The standard InChI is InChI=1S/C18H19F2N4O7PS/c1-10(17(25)24-18(21)22)6-11-7-14(19)16(15(20)8-11)31-12-2-4-13(5-3-12)33(29,30)23-9-32(26,27)28/h2-8,23H,9H2,1H3,(H2,26,27,28)(H4,21,22,24,25). The summed E-state index contributed by atoms with van der Waals surface area (Å²) in [6.07, 6.45) is 0.0663. The number of nitrogens with two attached hydrogens (primary N) is 2. The number of nitrogens with one attached hydrogen (secondary N) is 1. The van der Waals surface area contributed by atoms with Crippen molar-refractivity contribution in [1.29, 1.82) is 0 Å². The molecular formula is C18H19F2N4O7PS. The number of halogens is 2. The molecule has 0 saturated heterocycles. The third-order valence-electron chi connectivity index (χ3n) is 3.79. The van der Waals surface area contributed by atoms with Gasteiger partial charge in [0.2, 0.25) is 10.0 Å². The van der Waals surface area contributed by atoms with Gasteiger partial charge in [0.15, 0.2) is 23.3 Å². The zero-order valence-electron chi connectivity index (χ0n) is 16.9. The van der Waals surface area contributed by atoms with Crippen LogP contribution in [0.5, 0.6) is 11.5 Å². The van der Waals surface area contributed by atoms with E-state index in [4.69, 9.17) is 26.0 Å². The highest BCUT2D eigenvalue weighted by Gasteiger charge is 2.21. The van der Waals surface area contributed by atoms with E-state index in [1.54, 1.807) is 4.72 Å². The Morgan fingerprint density at radius 1 is 1.18 bits per heavy atom. The van der Waals surface area contributed by atoms with Crippen molar-refractivity contribution in [2.45, 2.75) is 11.8 Å². The van der Waals surface area contributed by atoms with Crippen molar-refractivity contribution in [3.63, 3.8) is 0 Å². The highest BCUT2D eigenvalue weighted by Crippen LogP contribution is 2.33. The molecule has 0 fully saturated rings. The average molecular weight is 504 g/mol. The summed E-state index contributed by atoms with van der Waals surface area (Å²) < 4.78 is 70.6. The van der Waals surface area contributed by atoms with Crippen LogP contribution in [0.3, 0.4) is 0 Å². The zero-order valence-corrected chi connectivity index (χ0v) is 18.6. The number of amides is 1. The molecule has 0 aromatic heterocycles. The Bertz CT molecular complexity index is 1250. The lowest BCUT2D eigenvalue weighted by Crippen LogP contribution is -2.24. The zero-order chi connectivity index (χ0) is 25.0. The van der Waals surface area contributed by atoms with Gasteiger partial charge < -0.3 is 26.0 Å². The molecule has 0 aliphatic heterocycles. The second-order valence-corrected chi connectivity index (χ2v) is 9.94. The molecule has 0 atom stereocenters. The Balaban J connectivity index is 2.22. The molecule has 0 aliphatic carbocycles. The number of hydrogen-bond donors (Lipinski definition) is 5. The Labute approximate surface area is 187 Å². The first-order valence-corrected chi connectivity index (χ1v) is 12.1. The molecule has 0 heterocycles. The van der Waals surface area contributed by atoms with Crippen LogP contribution in [-0.2, 0) is 19.4 Å². The van der Waals surface area contributed by atoms with Gasteiger partial charge in [-0.2, -0.15) is 9.71 Å². The SMILES string of the molecule is CC(=Cc1cc(F)c(Oc2ccc(S(=O)(=O)NCP(=O)(O)O)cc2)c(F)c1)C(=O)N=C(N)N. The maximum Gasteiger partial charge on any atom is 0.340 e. The van der Waals surface area contributed by atoms with Crippen LogP contribution < -0.4 is 20.9 Å². The second-order valence-electron chi connectivity index (χ2n) is 6.53. The first-order valence-electron chi connectivity index (χ1n) is 8.81. The van der Waals surface area contributed by atoms with Crippen LogP contribution in [0.1, 0.15) is 12.5 Å². The number of aliphatic imine (C=N–C) groups is 1. The summed E-state index contributed by atoms with van der Waals surface area (Å²) in [4.78, 5) is 32.2. The van der Waals surface area contributed by atoms with E-state index in [1.807, 2.05) is 0 Å². The molecule has 2 rings (SSSR count). The van der Waals surface area contributed by atoms with Crippen LogP contribution in [-0.4, -0.2) is 36.4 Å². The molecule has 2 aromatic carbocycles. The third-order valence-corrected chi connectivity index (χ3v) is 5.99. The van der Waals surface area contributed by atoms with E-state index < -0.39 is 53.2 Å². The fraction of sp³-hybridized carbons (Fsp3) is 0.111. The van der Waals surface area contributed by atoms with Gasteiger partial charge in [-0.15, -0.1) is 0 Å². The van der Waals surface area contributed by atoms with Gasteiger partial charge in [-0.3, -0.25) is 9.36 Å². The van der Waals surface area contributed by atoms with Gasteiger partial charge in [-0.1, -0.05) is 0 Å². The van der Waals surface area contributed by atoms with E-state index in [0.29, 0.717) is 0 Å². The molecule has 33 heavy (non-hydrogen) atoms. The molecule has 0 saturated carbocycles. The van der Waals surface area contributed by atoms with Gasteiger partial charge in [0.1, 0.15) is 12.0 Å². The molecule has 11 nitrogen and oxygen atoms in total. The fourth-order valence-electron chi connectivity index (χ4n) is 2.33. The van der Waals surface area contributed by atoms with Gasteiger partial charge in [0.25, 0.3) is 5.91 Å². The summed E-state index contributed by atoms with van der Waals surface area (Å²) in [6, 6.07) is 6.02. The van der Waals surface area contributed by atoms with Gasteiger partial charge >= 0.3 is 7.60 Å². The molecule has 178 valence electrons. The third kappa shape index (κ3) is 7.73. The molecule has 0 aliphatic rings. The molecule has 0 spiro atoms. The quantitative estimate of drug-likeness (QED) is 0.153. The van der Waals surface area contributed by atoms with Crippen LogP contribution in [0.25, 0.3) is 6.08 Å². The van der Waals surface area contributed by atoms with Crippen LogP contribution in [0, 0.1) is 11.6 Å². The van der Waals surface area contributed by atoms with Crippen LogP contribution >= 0.6 is 7.60 Å². The van der Waals surface area contributed by atoms with Crippen LogP contribution in [0.15, 0.2) is 51.9 Å². The first kappa shape index (κ1) is 26.1. The molecule has 15 heteroatoms. The number of benzene rings is 2. The van der Waals surface area contributed by atoms with Crippen molar-refractivity contribution in [3.05, 3.63) is 59.2 Å². The number of sulfonamides is 1. The molecule has 0 bridgehead atoms. The fourth-order valence-corrected chi connectivity index (χ4v) is 4.35. The summed E-state index contributed by atoms with van der Waals surface area (Å²) in [5.41, 5.74) is 10.2. The Morgan fingerprint density at radius 3 is 2.21 bits per heavy atom. The molecule has 1 amide bonds. The minimum atomic E-state index is -4.61. The summed E-state index contributed by atoms with van der Waals surface area (Å²) in [5, 5.41) is 0. The Morgan fingerprint density at radius 2 is 1.73 bits per heavy atom. The number of rotatable bonds is 8. The van der Waals surface area contributed by atoms with Crippen molar-refractivity contribution in [1.82, 2.24) is 4.72 Å². The molecular weight excluding hydrogens is 485 g/mol. The van der Waals surface area contributed by atoms with E-state index in [9.17, 15) is 26.6 Å². The lowest BCUT2D eigenvalue weighted by molar-refractivity contribution is -0.114. The molecule has 2 aromatic rings. The minimum Gasteiger partial charge on any atom is -0.451 e. The predicted molar refractivity (Wildman–Crippen MR) is 115 cm³/mol. The molecule has 0 unspecified atom stereocenters. The van der Waals surface area contributed by atoms with E-state index in [2.05, 4.69) is 4.99 Å². The maximum atomic E-state index is 14.4. The average Bonchev–Trinajstić information content (AvgIpc) is 2.68. The van der Waals surface area contributed by atoms with Crippen molar-refractivity contribution in [2.24, 2.45) is 16.5 Å².